The number of esters is 1. The average molecular weight is 274 g/mol. The van der Waals surface area contributed by atoms with Gasteiger partial charge in [0, 0.05) is 12.0 Å². The first-order chi connectivity index (χ1) is 9.58. The van der Waals surface area contributed by atoms with Crippen LogP contribution in [0.15, 0.2) is 24.3 Å². The molecule has 0 fully saturated rings. The minimum absolute atomic E-state index is 0.0397. The highest BCUT2D eigenvalue weighted by Gasteiger charge is 2.23. The van der Waals surface area contributed by atoms with Crippen LogP contribution in [-0.4, -0.2) is 32.7 Å². The fourth-order valence-electron chi connectivity index (χ4n) is 1.70. The number of hydrogen-bond donors (Lipinski definition) is 1. The number of carbonyl (C=O) groups excluding carboxylic acids is 2. The molecule has 1 rings (SSSR count). The maximum Gasteiger partial charge on any atom is 0.386 e. The zero-order valence-electron chi connectivity index (χ0n) is 11.6. The number of ketones is 1. The molecule has 0 heterocycles. The molecule has 1 N–H and O–H groups in total. The van der Waals surface area contributed by atoms with Gasteiger partial charge in [0.1, 0.15) is 6.40 Å². The molecule has 5 nitrogen and oxygen atoms in total. The Balaban J connectivity index is 2.57. The minimum atomic E-state index is -0.656. The molecule has 0 amide bonds. The number of hydrogen-bond acceptors (Lipinski definition) is 5. The number of ether oxygens (including phenoxy) is 1. The van der Waals surface area contributed by atoms with E-state index in [1.807, 2.05) is 19.1 Å². The van der Waals surface area contributed by atoms with Gasteiger partial charge in [-0.25, -0.2) is 0 Å². The van der Waals surface area contributed by atoms with E-state index < -0.39 is 11.8 Å². The molecule has 1 aromatic carbocycles. The fourth-order valence-corrected chi connectivity index (χ4v) is 1.70. The number of benzene rings is 1. The maximum absolute atomic E-state index is 12.0. The lowest BCUT2D eigenvalue weighted by molar-refractivity contribution is -0.140. The standard InChI is InChI=1S/C14H17BNO4/c1-10-3-5-11(6-4-10)13(17)8-7-12(14(18)19-2)15-20-9-16/h3-6,9,12,16H,7-8H2,1-2H3/t12-/m0/s1. The summed E-state index contributed by atoms with van der Waals surface area (Å²) in [5, 5.41) is 6.77. The molecule has 0 aliphatic carbocycles. The normalized spacial score (nSPS) is 11.3. The molecule has 0 saturated heterocycles. The number of nitrogens with one attached hydrogen (secondary N) is 1. The van der Waals surface area contributed by atoms with Gasteiger partial charge in [0.25, 0.3) is 0 Å². The van der Waals surface area contributed by atoms with E-state index in [9.17, 15) is 9.59 Å². The molecule has 0 saturated carbocycles. The van der Waals surface area contributed by atoms with Crippen LogP contribution in [-0.2, 0) is 14.2 Å². The molecule has 0 aliphatic heterocycles. The highest BCUT2D eigenvalue weighted by Crippen LogP contribution is 2.17. The van der Waals surface area contributed by atoms with Crippen molar-refractivity contribution in [3.8, 4) is 0 Å². The van der Waals surface area contributed by atoms with Gasteiger partial charge in [0.15, 0.2) is 5.78 Å². The Morgan fingerprint density at radius 3 is 2.55 bits per heavy atom. The molecular formula is C14H17BNO4. The first-order valence-corrected chi connectivity index (χ1v) is 6.24. The van der Waals surface area contributed by atoms with Crippen molar-refractivity contribution in [1.82, 2.24) is 0 Å². The summed E-state index contributed by atoms with van der Waals surface area (Å²) in [5.41, 5.74) is 1.70. The van der Waals surface area contributed by atoms with Gasteiger partial charge >= 0.3 is 13.5 Å². The third-order valence-corrected chi connectivity index (χ3v) is 2.87. The molecule has 0 spiro atoms. The Bertz CT molecular complexity index is 473. The van der Waals surface area contributed by atoms with Gasteiger partial charge in [-0.3, -0.25) is 15.0 Å². The van der Waals surface area contributed by atoms with Gasteiger partial charge in [0.05, 0.1) is 12.9 Å². The van der Waals surface area contributed by atoms with E-state index in [-0.39, 0.29) is 18.6 Å². The summed E-state index contributed by atoms with van der Waals surface area (Å²) >= 11 is 0. The van der Waals surface area contributed by atoms with Crippen molar-refractivity contribution in [3.63, 3.8) is 0 Å². The number of methoxy groups -OCH3 is 1. The van der Waals surface area contributed by atoms with Crippen molar-refractivity contribution >= 4 is 25.6 Å². The Hall–Kier alpha value is -2.11. The van der Waals surface area contributed by atoms with Crippen LogP contribution < -0.4 is 0 Å². The molecule has 1 radical (unpaired) electrons. The van der Waals surface area contributed by atoms with Crippen molar-refractivity contribution in [3.05, 3.63) is 35.4 Å². The molecule has 105 valence electrons. The monoisotopic (exact) mass is 274 g/mol. The number of rotatable bonds is 8. The summed E-state index contributed by atoms with van der Waals surface area (Å²) in [5.74, 6) is -1.18. The fraction of sp³-hybridized carbons (Fsp3) is 0.357. The lowest BCUT2D eigenvalue weighted by atomic mass is 9.76. The largest absolute Gasteiger partial charge is 0.555 e. The predicted molar refractivity (Wildman–Crippen MR) is 76.1 cm³/mol. The topological polar surface area (TPSA) is 76.5 Å². The second-order valence-electron chi connectivity index (χ2n) is 4.35. The number of Topliss-reactive ketones (excluding diaryl/α,β-unsaturated/α-hetero) is 1. The van der Waals surface area contributed by atoms with Gasteiger partial charge in [-0.2, -0.15) is 0 Å². The summed E-state index contributed by atoms with van der Waals surface area (Å²) in [6.45, 7) is 1.95. The van der Waals surface area contributed by atoms with Crippen LogP contribution in [0.25, 0.3) is 0 Å². The van der Waals surface area contributed by atoms with E-state index in [2.05, 4.69) is 9.39 Å². The molecule has 0 bridgehead atoms. The molecule has 6 heteroatoms. The molecule has 0 aromatic heterocycles. The molecule has 1 atom stereocenters. The first-order valence-electron chi connectivity index (χ1n) is 6.24. The Morgan fingerprint density at radius 1 is 1.35 bits per heavy atom. The van der Waals surface area contributed by atoms with E-state index in [4.69, 9.17) is 5.41 Å². The quantitative estimate of drug-likeness (QED) is 0.259. The van der Waals surface area contributed by atoms with E-state index in [0.29, 0.717) is 5.56 Å². The Morgan fingerprint density at radius 2 is 2.00 bits per heavy atom. The van der Waals surface area contributed by atoms with Crippen molar-refractivity contribution in [1.29, 1.82) is 5.41 Å². The van der Waals surface area contributed by atoms with Crippen molar-refractivity contribution < 1.29 is 19.0 Å². The van der Waals surface area contributed by atoms with Gasteiger partial charge in [-0.15, -0.1) is 0 Å². The summed E-state index contributed by atoms with van der Waals surface area (Å²) < 4.78 is 9.30. The van der Waals surface area contributed by atoms with Crippen LogP contribution in [0.5, 0.6) is 0 Å². The number of carbonyl (C=O) groups is 2. The van der Waals surface area contributed by atoms with Crippen molar-refractivity contribution in [2.24, 2.45) is 0 Å². The van der Waals surface area contributed by atoms with Crippen LogP contribution in [0.2, 0.25) is 5.82 Å². The first kappa shape index (κ1) is 16.0. The van der Waals surface area contributed by atoms with Crippen LogP contribution in [0.4, 0.5) is 0 Å². The summed E-state index contributed by atoms with van der Waals surface area (Å²) in [7, 11) is 2.48. The lowest BCUT2D eigenvalue weighted by Crippen LogP contribution is -2.20. The Labute approximate surface area is 119 Å². The second-order valence-corrected chi connectivity index (χ2v) is 4.35. The molecule has 0 unspecified atom stereocenters. The summed E-state index contributed by atoms with van der Waals surface area (Å²) in [6, 6.07) is 7.27. The van der Waals surface area contributed by atoms with E-state index >= 15 is 0 Å². The van der Waals surface area contributed by atoms with Crippen molar-refractivity contribution in [2.45, 2.75) is 25.6 Å². The zero-order chi connectivity index (χ0) is 15.0. The highest BCUT2D eigenvalue weighted by molar-refractivity contribution is 6.38. The smallest absolute Gasteiger partial charge is 0.386 e. The van der Waals surface area contributed by atoms with Crippen LogP contribution >= 0.6 is 0 Å². The molecule has 0 aliphatic rings. The van der Waals surface area contributed by atoms with Gasteiger partial charge in [0.2, 0.25) is 0 Å². The SMILES string of the molecule is COC(=O)[C@@H]([B]OC=N)CCC(=O)c1ccc(C)cc1. The maximum atomic E-state index is 12.0. The Kier molecular flexibility index (Phi) is 6.49. The van der Waals surface area contributed by atoms with Gasteiger partial charge in [-0.1, -0.05) is 29.8 Å². The van der Waals surface area contributed by atoms with E-state index in [1.54, 1.807) is 12.1 Å². The van der Waals surface area contributed by atoms with Crippen LogP contribution in [0, 0.1) is 12.3 Å². The van der Waals surface area contributed by atoms with Gasteiger partial charge < -0.3 is 9.39 Å². The van der Waals surface area contributed by atoms with Crippen molar-refractivity contribution in [2.75, 3.05) is 7.11 Å². The number of aryl methyl sites for hydroxylation is 1. The second kappa shape index (κ2) is 8.14. The highest BCUT2D eigenvalue weighted by atomic mass is 16.5. The van der Waals surface area contributed by atoms with E-state index in [0.717, 1.165) is 12.0 Å². The van der Waals surface area contributed by atoms with Gasteiger partial charge in [-0.05, 0) is 13.3 Å². The third kappa shape index (κ3) is 4.88. The molecule has 20 heavy (non-hydrogen) atoms. The van der Waals surface area contributed by atoms with Crippen LogP contribution in [0.1, 0.15) is 28.8 Å². The molecule has 1 aromatic rings. The average Bonchev–Trinajstić information content (AvgIpc) is 2.47. The zero-order valence-corrected chi connectivity index (χ0v) is 11.6. The minimum Gasteiger partial charge on any atom is -0.555 e. The summed E-state index contributed by atoms with van der Waals surface area (Å²) in [6.07, 6.45) is 1.21. The molecular weight excluding hydrogens is 257 g/mol. The predicted octanol–water partition coefficient (Wildman–Crippen LogP) is 2.16. The third-order valence-electron chi connectivity index (χ3n) is 2.87. The lowest BCUT2D eigenvalue weighted by Gasteiger charge is -2.11. The summed E-state index contributed by atoms with van der Waals surface area (Å²) in [4.78, 5) is 23.5. The van der Waals surface area contributed by atoms with E-state index in [1.165, 1.54) is 14.6 Å². The van der Waals surface area contributed by atoms with Crippen LogP contribution in [0.3, 0.4) is 0 Å².